The summed E-state index contributed by atoms with van der Waals surface area (Å²) in [6.07, 6.45) is 4.84. The predicted octanol–water partition coefficient (Wildman–Crippen LogP) is 0.0410. The topological polar surface area (TPSA) is 84.1 Å². The third kappa shape index (κ3) is 2.17. The van der Waals surface area contributed by atoms with E-state index in [0.717, 1.165) is 13.1 Å². The lowest BCUT2D eigenvalue weighted by Crippen LogP contribution is -2.21. The Balaban J connectivity index is 2.05. The Hall–Kier alpha value is -2.35. The molecule has 1 N–H and O–H groups in total. The first-order valence-corrected chi connectivity index (χ1v) is 5.95. The molecule has 0 aliphatic heterocycles. The molecule has 0 atom stereocenters. The van der Waals surface area contributed by atoms with Crippen LogP contribution in [0.3, 0.4) is 0 Å². The lowest BCUT2D eigenvalue weighted by Gasteiger charge is -2.11. The average molecular weight is 258 g/mol. The summed E-state index contributed by atoms with van der Waals surface area (Å²) in [5, 5.41) is 15.5. The SMILES string of the molecule is CN(C)CCNc1nn2cnnc2c2nccnc12. The lowest BCUT2D eigenvalue weighted by molar-refractivity contribution is 0.425. The number of aromatic nitrogens is 6. The summed E-state index contributed by atoms with van der Waals surface area (Å²) < 4.78 is 1.61. The zero-order valence-electron chi connectivity index (χ0n) is 10.8. The molecule has 0 bridgehead atoms. The lowest BCUT2D eigenvalue weighted by atomic mass is 10.4. The van der Waals surface area contributed by atoms with Crippen molar-refractivity contribution < 1.29 is 0 Å². The second-order valence-corrected chi connectivity index (χ2v) is 4.43. The fourth-order valence-corrected chi connectivity index (χ4v) is 1.81. The highest BCUT2D eigenvalue weighted by Gasteiger charge is 2.11. The van der Waals surface area contributed by atoms with Gasteiger partial charge >= 0.3 is 0 Å². The smallest absolute Gasteiger partial charge is 0.205 e. The van der Waals surface area contributed by atoms with Gasteiger partial charge in [0, 0.05) is 25.5 Å². The molecule has 0 fully saturated rings. The molecule has 0 saturated heterocycles. The van der Waals surface area contributed by atoms with Gasteiger partial charge in [0.05, 0.1) is 0 Å². The van der Waals surface area contributed by atoms with Crippen molar-refractivity contribution in [1.82, 2.24) is 34.7 Å². The molecule has 0 amide bonds. The van der Waals surface area contributed by atoms with E-state index in [0.29, 0.717) is 22.5 Å². The largest absolute Gasteiger partial charge is 0.365 e. The summed E-state index contributed by atoms with van der Waals surface area (Å²) in [4.78, 5) is 10.7. The molecule has 0 aromatic carbocycles. The molecule has 3 heterocycles. The highest BCUT2D eigenvalue weighted by molar-refractivity contribution is 5.93. The van der Waals surface area contributed by atoms with Gasteiger partial charge in [0.25, 0.3) is 0 Å². The number of likely N-dealkylation sites (N-methyl/N-ethyl adjacent to an activating group) is 1. The van der Waals surface area contributed by atoms with Crippen LogP contribution in [0.15, 0.2) is 18.7 Å². The molecule has 8 nitrogen and oxygen atoms in total. The third-order valence-electron chi connectivity index (χ3n) is 2.72. The predicted molar refractivity (Wildman–Crippen MR) is 70.9 cm³/mol. The summed E-state index contributed by atoms with van der Waals surface area (Å²) in [7, 11) is 4.05. The van der Waals surface area contributed by atoms with Gasteiger partial charge in [0.15, 0.2) is 5.82 Å². The van der Waals surface area contributed by atoms with Crippen LogP contribution >= 0.6 is 0 Å². The fraction of sp³-hybridized carbons (Fsp3) is 0.364. The maximum atomic E-state index is 4.42. The summed E-state index contributed by atoms with van der Waals surface area (Å²) in [6, 6.07) is 0. The van der Waals surface area contributed by atoms with E-state index in [-0.39, 0.29) is 0 Å². The molecule has 0 spiro atoms. The van der Waals surface area contributed by atoms with Gasteiger partial charge in [-0.15, -0.1) is 15.3 Å². The van der Waals surface area contributed by atoms with Gasteiger partial charge in [0.1, 0.15) is 17.4 Å². The van der Waals surface area contributed by atoms with E-state index in [9.17, 15) is 0 Å². The van der Waals surface area contributed by atoms with E-state index in [1.807, 2.05) is 14.1 Å². The maximum Gasteiger partial charge on any atom is 0.205 e. The molecule has 0 aliphatic carbocycles. The van der Waals surface area contributed by atoms with Crippen molar-refractivity contribution >= 4 is 22.5 Å². The monoisotopic (exact) mass is 258 g/mol. The Kier molecular flexibility index (Phi) is 2.92. The number of nitrogens with zero attached hydrogens (tertiary/aromatic N) is 7. The molecular formula is C11H14N8. The van der Waals surface area contributed by atoms with Crippen molar-refractivity contribution in [1.29, 1.82) is 0 Å². The summed E-state index contributed by atoms with van der Waals surface area (Å²) in [5.74, 6) is 0.692. The van der Waals surface area contributed by atoms with Crippen LogP contribution in [0.25, 0.3) is 16.7 Å². The Morgan fingerprint density at radius 3 is 2.79 bits per heavy atom. The number of fused-ring (bicyclic) bond motifs is 3. The first-order chi connectivity index (χ1) is 9.25. The average Bonchev–Trinajstić information content (AvgIpc) is 2.87. The molecule has 98 valence electrons. The first-order valence-electron chi connectivity index (χ1n) is 5.95. The molecular weight excluding hydrogens is 244 g/mol. The van der Waals surface area contributed by atoms with Crippen LogP contribution in [0, 0.1) is 0 Å². The van der Waals surface area contributed by atoms with Crippen LogP contribution in [0.5, 0.6) is 0 Å². The fourth-order valence-electron chi connectivity index (χ4n) is 1.81. The maximum absolute atomic E-state index is 4.42. The molecule has 0 radical (unpaired) electrons. The van der Waals surface area contributed by atoms with Crippen LogP contribution < -0.4 is 5.32 Å². The number of hydrogen-bond acceptors (Lipinski definition) is 7. The van der Waals surface area contributed by atoms with Crippen LogP contribution in [0.2, 0.25) is 0 Å². The van der Waals surface area contributed by atoms with Gasteiger partial charge in [-0.25, -0.2) is 9.97 Å². The minimum Gasteiger partial charge on any atom is -0.365 e. The van der Waals surface area contributed by atoms with Crippen LogP contribution in [-0.2, 0) is 0 Å². The Morgan fingerprint density at radius 1 is 1.21 bits per heavy atom. The second-order valence-electron chi connectivity index (χ2n) is 4.43. The van der Waals surface area contributed by atoms with Crippen molar-refractivity contribution in [3.05, 3.63) is 18.7 Å². The Bertz CT molecular complexity index is 704. The van der Waals surface area contributed by atoms with Crippen molar-refractivity contribution in [2.45, 2.75) is 0 Å². The van der Waals surface area contributed by atoms with E-state index >= 15 is 0 Å². The van der Waals surface area contributed by atoms with Crippen molar-refractivity contribution in [3.8, 4) is 0 Å². The van der Waals surface area contributed by atoms with Gasteiger partial charge in [-0.3, -0.25) is 0 Å². The minimum atomic E-state index is 0.612. The molecule has 3 aromatic heterocycles. The number of rotatable bonds is 4. The molecule has 19 heavy (non-hydrogen) atoms. The summed E-state index contributed by atoms with van der Waals surface area (Å²) >= 11 is 0. The van der Waals surface area contributed by atoms with Crippen LogP contribution in [0.1, 0.15) is 0 Å². The van der Waals surface area contributed by atoms with Crippen LogP contribution in [0.4, 0.5) is 5.82 Å². The van der Waals surface area contributed by atoms with Gasteiger partial charge in [-0.05, 0) is 14.1 Å². The van der Waals surface area contributed by atoms with Gasteiger partial charge in [-0.2, -0.15) is 4.52 Å². The third-order valence-corrected chi connectivity index (χ3v) is 2.72. The zero-order valence-corrected chi connectivity index (χ0v) is 10.8. The summed E-state index contributed by atoms with van der Waals surface area (Å²) in [6.45, 7) is 1.68. The molecule has 0 unspecified atom stereocenters. The number of anilines is 1. The molecule has 8 heteroatoms. The number of hydrogen-bond donors (Lipinski definition) is 1. The summed E-state index contributed by atoms with van der Waals surface area (Å²) in [5.41, 5.74) is 2.02. The second kappa shape index (κ2) is 4.73. The highest BCUT2D eigenvalue weighted by atomic mass is 15.4. The van der Waals surface area contributed by atoms with E-state index in [4.69, 9.17) is 0 Å². The first kappa shape index (κ1) is 11.7. The van der Waals surface area contributed by atoms with Crippen LogP contribution in [-0.4, -0.2) is 61.9 Å². The molecule has 0 saturated carbocycles. The van der Waals surface area contributed by atoms with Crippen molar-refractivity contribution in [2.24, 2.45) is 0 Å². The van der Waals surface area contributed by atoms with Gasteiger partial charge in [0.2, 0.25) is 5.65 Å². The minimum absolute atomic E-state index is 0.612. The van der Waals surface area contributed by atoms with Crippen molar-refractivity contribution in [2.75, 3.05) is 32.5 Å². The molecule has 0 aliphatic rings. The number of nitrogens with one attached hydrogen (secondary N) is 1. The van der Waals surface area contributed by atoms with Gasteiger partial charge in [-0.1, -0.05) is 0 Å². The van der Waals surface area contributed by atoms with E-state index in [2.05, 4.69) is 35.5 Å². The highest BCUT2D eigenvalue weighted by Crippen LogP contribution is 2.19. The molecule has 3 aromatic rings. The van der Waals surface area contributed by atoms with E-state index in [1.54, 1.807) is 23.2 Å². The normalized spacial score (nSPS) is 11.5. The zero-order chi connectivity index (χ0) is 13.2. The standard InChI is InChI=1S/C11H14N8/c1-18(2)6-5-14-10-8-9(13-4-3-12-8)11-16-15-7-19(11)17-10/h3-4,7H,5-6H2,1-2H3,(H,14,17). The van der Waals surface area contributed by atoms with E-state index < -0.39 is 0 Å². The Morgan fingerprint density at radius 2 is 2.00 bits per heavy atom. The Labute approximate surface area is 109 Å². The van der Waals surface area contributed by atoms with E-state index in [1.165, 1.54) is 0 Å². The molecule has 3 rings (SSSR count). The quantitative estimate of drug-likeness (QED) is 0.707. The van der Waals surface area contributed by atoms with Gasteiger partial charge < -0.3 is 10.2 Å². The van der Waals surface area contributed by atoms with Crippen molar-refractivity contribution in [3.63, 3.8) is 0 Å².